The third-order valence-corrected chi connectivity index (χ3v) is 5.61. The molecule has 2 aliphatic heterocycles. The molecule has 29 heavy (non-hydrogen) atoms. The van der Waals surface area contributed by atoms with Gasteiger partial charge in [-0.05, 0) is 37.0 Å². The van der Waals surface area contributed by atoms with E-state index in [0.717, 1.165) is 76.2 Å². The predicted molar refractivity (Wildman–Crippen MR) is 127 cm³/mol. The van der Waals surface area contributed by atoms with Crippen molar-refractivity contribution in [3.63, 3.8) is 0 Å². The summed E-state index contributed by atoms with van der Waals surface area (Å²) in [5.74, 6) is 2.58. The van der Waals surface area contributed by atoms with E-state index in [2.05, 4.69) is 32.2 Å². The molecule has 2 fully saturated rings. The molecule has 164 valence electrons. The summed E-state index contributed by atoms with van der Waals surface area (Å²) in [6, 6.07) is 6.75. The van der Waals surface area contributed by atoms with Crippen LogP contribution in [0.1, 0.15) is 18.4 Å². The van der Waals surface area contributed by atoms with Crippen LogP contribution in [0.3, 0.4) is 0 Å². The van der Waals surface area contributed by atoms with Gasteiger partial charge in [-0.2, -0.15) is 0 Å². The van der Waals surface area contributed by atoms with Gasteiger partial charge in [-0.25, -0.2) is 0 Å². The minimum atomic E-state index is 0. The molecular formula is C21H35IN4O3. The normalized spacial score (nSPS) is 20.3. The van der Waals surface area contributed by atoms with E-state index >= 15 is 0 Å². The van der Waals surface area contributed by atoms with E-state index in [4.69, 9.17) is 14.2 Å². The molecule has 2 saturated heterocycles. The molecule has 0 radical (unpaired) electrons. The smallest absolute Gasteiger partial charge is 0.193 e. The predicted octanol–water partition coefficient (Wildman–Crippen LogP) is 2.24. The number of likely N-dealkylation sites (tertiary alicyclic amines) is 1. The number of rotatable bonds is 7. The van der Waals surface area contributed by atoms with Gasteiger partial charge >= 0.3 is 0 Å². The van der Waals surface area contributed by atoms with Crippen LogP contribution in [0.2, 0.25) is 0 Å². The zero-order valence-electron chi connectivity index (χ0n) is 17.9. The first-order valence-corrected chi connectivity index (χ1v) is 10.2. The Balaban J connectivity index is 0.00000300. The number of hydrogen-bond donors (Lipinski definition) is 1. The quantitative estimate of drug-likeness (QED) is 0.259. The lowest BCUT2D eigenvalue weighted by atomic mass is 10.1. The Labute approximate surface area is 191 Å². The second-order valence-electron chi connectivity index (χ2n) is 7.30. The Bertz CT molecular complexity index is 653. The molecule has 0 aliphatic carbocycles. The summed E-state index contributed by atoms with van der Waals surface area (Å²) in [4.78, 5) is 9.44. The monoisotopic (exact) mass is 518 g/mol. The second-order valence-corrected chi connectivity index (χ2v) is 7.30. The van der Waals surface area contributed by atoms with Crippen molar-refractivity contribution in [2.24, 2.45) is 4.99 Å². The molecule has 0 spiro atoms. The molecule has 1 aromatic rings. The largest absolute Gasteiger partial charge is 0.493 e. The van der Waals surface area contributed by atoms with Crippen molar-refractivity contribution in [2.75, 3.05) is 67.2 Å². The highest BCUT2D eigenvalue weighted by molar-refractivity contribution is 14.0. The molecule has 8 heteroatoms. The third kappa shape index (κ3) is 6.62. The molecule has 0 saturated carbocycles. The fraction of sp³-hybridized carbons (Fsp3) is 0.667. The zero-order valence-corrected chi connectivity index (χ0v) is 20.2. The Morgan fingerprint density at radius 2 is 1.93 bits per heavy atom. The van der Waals surface area contributed by atoms with E-state index in [-0.39, 0.29) is 24.0 Å². The second kappa shape index (κ2) is 12.4. The number of methoxy groups -OCH3 is 2. The van der Waals surface area contributed by atoms with Gasteiger partial charge in [-0.3, -0.25) is 9.89 Å². The van der Waals surface area contributed by atoms with Crippen LogP contribution in [-0.2, 0) is 11.2 Å². The van der Waals surface area contributed by atoms with Crippen LogP contribution in [0, 0.1) is 0 Å². The van der Waals surface area contributed by atoms with Crippen LogP contribution in [0.4, 0.5) is 0 Å². The lowest BCUT2D eigenvalue weighted by Crippen LogP contribution is -2.46. The standard InChI is InChI=1S/C21H34N4O3.HI/c1-22-21(25-10-8-18(16-25)24-11-13-28-14-12-24)23-9-4-5-17-6-7-19(26-2)20(15-17)27-3;/h6-7,15,18H,4-5,8-14,16H2,1-3H3,(H,22,23);1H. The molecule has 0 bridgehead atoms. The van der Waals surface area contributed by atoms with E-state index in [1.54, 1.807) is 14.2 Å². The zero-order chi connectivity index (χ0) is 19.8. The van der Waals surface area contributed by atoms with Crippen molar-refractivity contribution >= 4 is 29.9 Å². The molecule has 1 unspecified atom stereocenters. The number of nitrogens with one attached hydrogen (secondary N) is 1. The van der Waals surface area contributed by atoms with E-state index in [1.807, 2.05) is 13.1 Å². The first kappa shape index (κ1) is 24.0. The first-order chi connectivity index (χ1) is 13.7. The minimum absolute atomic E-state index is 0. The Morgan fingerprint density at radius 1 is 1.17 bits per heavy atom. The Hall–Kier alpha value is -1.26. The summed E-state index contributed by atoms with van der Waals surface area (Å²) in [6.45, 7) is 6.84. The van der Waals surface area contributed by atoms with Crippen molar-refractivity contribution in [1.29, 1.82) is 0 Å². The molecule has 0 aromatic heterocycles. The van der Waals surface area contributed by atoms with E-state index in [1.165, 1.54) is 12.0 Å². The Morgan fingerprint density at radius 3 is 2.62 bits per heavy atom. The van der Waals surface area contributed by atoms with Crippen LogP contribution >= 0.6 is 24.0 Å². The lowest BCUT2D eigenvalue weighted by molar-refractivity contribution is 0.0195. The third-order valence-electron chi connectivity index (χ3n) is 5.61. The fourth-order valence-electron chi connectivity index (χ4n) is 4.04. The van der Waals surface area contributed by atoms with E-state index < -0.39 is 0 Å². The minimum Gasteiger partial charge on any atom is -0.493 e. The van der Waals surface area contributed by atoms with Crippen LogP contribution in [-0.4, -0.2) is 89.0 Å². The topological polar surface area (TPSA) is 58.6 Å². The van der Waals surface area contributed by atoms with Gasteiger partial charge in [-0.15, -0.1) is 24.0 Å². The number of aliphatic imine (C=N–C) groups is 1. The molecule has 2 heterocycles. The molecule has 0 amide bonds. The molecule has 7 nitrogen and oxygen atoms in total. The average molecular weight is 518 g/mol. The van der Waals surface area contributed by atoms with Crippen LogP contribution < -0.4 is 14.8 Å². The molecule has 1 aromatic carbocycles. The number of nitrogens with zero attached hydrogens (tertiary/aromatic N) is 3. The molecule has 2 aliphatic rings. The molecular weight excluding hydrogens is 483 g/mol. The summed E-state index contributed by atoms with van der Waals surface area (Å²) in [5.41, 5.74) is 1.25. The summed E-state index contributed by atoms with van der Waals surface area (Å²) >= 11 is 0. The maximum Gasteiger partial charge on any atom is 0.193 e. The first-order valence-electron chi connectivity index (χ1n) is 10.2. The number of hydrogen-bond acceptors (Lipinski definition) is 5. The maximum absolute atomic E-state index is 5.48. The molecule has 1 N–H and O–H groups in total. The van der Waals surface area contributed by atoms with Crippen molar-refractivity contribution in [2.45, 2.75) is 25.3 Å². The highest BCUT2D eigenvalue weighted by atomic mass is 127. The van der Waals surface area contributed by atoms with Gasteiger partial charge in [0.1, 0.15) is 0 Å². The summed E-state index contributed by atoms with van der Waals surface area (Å²) in [5, 5.41) is 3.53. The van der Waals surface area contributed by atoms with Gasteiger partial charge < -0.3 is 24.4 Å². The SMILES string of the molecule is CN=C(NCCCc1ccc(OC)c(OC)c1)N1CCC(N2CCOCC2)C1.I. The molecule has 1 atom stereocenters. The summed E-state index contributed by atoms with van der Waals surface area (Å²) in [6.07, 6.45) is 3.22. The number of guanidine groups is 1. The van der Waals surface area contributed by atoms with Crippen LogP contribution in [0.25, 0.3) is 0 Å². The van der Waals surface area contributed by atoms with Crippen molar-refractivity contribution in [1.82, 2.24) is 15.1 Å². The number of aryl methyl sites for hydroxylation is 1. The number of benzene rings is 1. The van der Waals surface area contributed by atoms with Crippen molar-refractivity contribution < 1.29 is 14.2 Å². The summed E-state index contributed by atoms with van der Waals surface area (Å²) in [7, 11) is 5.21. The van der Waals surface area contributed by atoms with Gasteiger partial charge in [0.05, 0.1) is 27.4 Å². The fourth-order valence-corrected chi connectivity index (χ4v) is 4.04. The van der Waals surface area contributed by atoms with Crippen LogP contribution in [0.5, 0.6) is 11.5 Å². The highest BCUT2D eigenvalue weighted by Crippen LogP contribution is 2.27. The number of morpholine rings is 1. The van der Waals surface area contributed by atoms with E-state index in [9.17, 15) is 0 Å². The van der Waals surface area contributed by atoms with Gasteiger partial charge in [0.25, 0.3) is 0 Å². The van der Waals surface area contributed by atoms with E-state index in [0.29, 0.717) is 6.04 Å². The molecule has 3 rings (SSSR count). The summed E-state index contributed by atoms with van der Waals surface area (Å²) < 4.78 is 16.2. The van der Waals surface area contributed by atoms with Crippen molar-refractivity contribution in [3.05, 3.63) is 23.8 Å². The van der Waals surface area contributed by atoms with Crippen LogP contribution in [0.15, 0.2) is 23.2 Å². The van der Waals surface area contributed by atoms with Crippen molar-refractivity contribution in [3.8, 4) is 11.5 Å². The number of halogens is 1. The maximum atomic E-state index is 5.48. The van der Waals surface area contributed by atoms with Gasteiger partial charge in [-0.1, -0.05) is 6.07 Å². The van der Waals surface area contributed by atoms with Gasteiger partial charge in [0.15, 0.2) is 17.5 Å². The lowest BCUT2D eigenvalue weighted by Gasteiger charge is -2.32. The average Bonchev–Trinajstić information content (AvgIpc) is 3.24. The van der Waals surface area contributed by atoms with Gasteiger partial charge in [0, 0.05) is 45.8 Å². The van der Waals surface area contributed by atoms with Gasteiger partial charge in [0.2, 0.25) is 0 Å². The Kier molecular flexibility index (Phi) is 10.3. The number of ether oxygens (including phenoxy) is 3. The highest BCUT2D eigenvalue weighted by Gasteiger charge is 2.30.